The summed E-state index contributed by atoms with van der Waals surface area (Å²) >= 11 is 0. The van der Waals surface area contributed by atoms with Gasteiger partial charge in [-0.3, -0.25) is 4.79 Å². The highest BCUT2D eigenvalue weighted by atomic mass is 35.5. The Labute approximate surface area is 103 Å². The quantitative estimate of drug-likeness (QED) is 0.781. The van der Waals surface area contributed by atoms with Crippen molar-refractivity contribution in [1.82, 2.24) is 10.2 Å². The lowest BCUT2D eigenvalue weighted by Gasteiger charge is -2.25. The highest BCUT2D eigenvalue weighted by molar-refractivity contribution is 5.85. The molecule has 1 N–H and O–H groups in total. The molecule has 5 heteroatoms. The van der Waals surface area contributed by atoms with Crippen LogP contribution >= 0.6 is 12.4 Å². The minimum absolute atomic E-state index is 0. The molecule has 0 aromatic heterocycles. The summed E-state index contributed by atoms with van der Waals surface area (Å²) in [6, 6.07) is 0.224. The van der Waals surface area contributed by atoms with Crippen LogP contribution in [0.2, 0.25) is 0 Å². The van der Waals surface area contributed by atoms with E-state index in [0.717, 1.165) is 32.7 Å². The summed E-state index contributed by atoms with van der Waals surface area (Å²) in [6.45, 7) is 6.39. The van der Waals surface area contributed by atoms with Gasteiger partial charge in [-0.25, -0.2) is 0 Å². The van der Waals surface area contributed by atoms with Gasteiger partial charge in [0.1, 0.15) is 0 Å². The fourth-order valence-electron chi connectivity index (χ4n) is 2.25. The number of hydrogen-bond donors (Lipinski definition) is 1. The van der Waals surface area contributed by atoms with Crippen molar-refractivity contribution >= 4 is 18.3 Å². The van der Waals surface area contributed by atoms with Crippen LogP contribution < -0.4 is 5.32 Å². The van der Waals surface area contributed by atoms with E-state index in [1.807, 2.05) is 4.90 Å². The van der Waals surface area contributed by atoms with Gasteiger partial charge in [0.2, 0.25) is 5.91 Å². The van der Waals surface area contributed by atoms with Gasteiger partial charge in [0.25, 0.3) is 0 Å². The second kappa shape index (κ2) is 6.42. The number of morpholine rings is 1. The van der Waals surface area contributed by atoms with Gasteiger partial charge in [0, 0.05) is 32.1 Å². The minimum Gasteiger partial charge on any atom is -0.378 e. The molecule has 2 unspecified atom stereocenters. The van der Waals surface area contributed by atoms with E-state index in [2.05, 4.69) is 12.2 Å². The molecule has 2 saturated heterocycles. The molecular weight excluding hydrogens is 228 g/mol. The Morgan fingerprint density at radius 2 is 2.38 bits per heavy atom. The molecule has 0 spiro atoms. The van der Waals surface area contributed by atoms with Crippen molar-refractivity contribution in [2.45, 2.75) is 25.8 Å². The molecular formula is C11H21ClN2O2. The average Bonchev–Trinajstić information content (AvgIpc) is 2.66. The lowest BCUT2D eigenvalue weighted by Crippen LogP contribution is -2.44. The van der Waals surface area contributed by atoms with Crippen molar-refractivity contribution in [3.05, 3.63) is 0 Å². The number of carbonyl (C=O) groups excluding carboxylic acids is 1. The van der Waals surface area contributed by atoms with Gasteiger partial charge in [0.15, 0.2) is 0 Å². The van der Waals surface area contributed by atoms with E-state index in [4.69, 9.17) is 4.74 Å². The van der Waals surface area contributed by atoms with Gasteiger partial charge < -0.3 is 15.0 Å². The molecule has 0 aromatic carbocycles. The highest BCUT2D eigenvalue weighted by Crippen LogP contribution is 2.16. The van der Waals surface area contributed by atoms with Gasteiger partial charge in [-0.05, 0) is 12.3 Å². The number of nitrogens with zero attached hydrogens (tertiary/aromatic N) is 1. The largest absolute Gasteiger partial charge is 0.378 e. The zero-order chi connectivity index (χ0) is 10.7. The SMILES string of the molecule is CC1CCN(C(=O)CC2COCCN2)C1.Cl. The van der Waals surface area contributed by atoms with Crippen molar-refractivity contribution in [3.8, 4) is 0 Å². The monoisotopic (exact) mass is 248 g/mol. The van der Waals surface area contributed by atoms with Crippen molar-refractivity contribution in [2.24, 2.45) is 5.92 Å². The molecule has 1 amide bonds. The van der Waals surface area contributed by atoms with Crippen molar-refractivity contribution in [1.29, 1.82) is 0 Å². The Morgan fingerprint density at radius 3 is 2.94 bits per heavy atom. The normalized spacial score (nSPS) is 29.9. The Morgan fingerprint density at radius 1 is 1.56 bits per heavy atom. The summed E-state index contributed by atoms with van der Waals surface area (Å²) in [6.07, 6.45) is 1.74. The first-order valence-electron chi connectivity index (χ1n) is 5.84. The zero-order valence-corrected chi connectivity index (χ0v) is 10.6. The van der Waals surface area contributed by atoms with Gasteiger partial charge in [-0.2, -0.15) is 0 Å². The maximum Gasteiger partial charge on any atom is 0.224 e. The summed E-state index contributed by atoms with van der Waals surface area (Å²) in [7, 11) is 0. The summed E-state index contributed by atoms with van der Waals surface area (Å²) in [5, 5.41) is 3.31. The van der Waals surface area contributed by atoms with Crippen molar-refractivity contribution in [2.75, 3.05) is 32.8 Å². The number of carbonyl (C=O) groups is 1. The third kappa shape index (κ3) is 3.61. The maximum atomic E-state index is 11.9. The van der Waals surface area contributed by atoms with Crippen LogP contribution in [-0.2, 0) is 9.53 Å². The van der Waals surface area contributed by atoms with E-state index in [-0.39, 0.29) is 24.4 Å². The predicted octanol–water partition coefficient (Wildman–Crippen LogP) is 0.655. The Kier molecular flexibility index (Phi) is 5.52. The smallest absolute Gasteiger partial charge is 0.224 e. The Bertz CT molecular complexity index is 232. The molecule has 16 heavy (non-hydrogen) atoms. The first-order valence-corrected chi connectivity index (χ1v) is 5.84. The van der Waals surface area contributed by atoms with E-state index in [1.54, 1.807) is 0 Å². The molecule has 2 aliphatic rings. The molecule has 2 rings (SSSR count). The fourth-order valence-corrected chi connectivity index (χ4v) is 2.25. The van der Waals surface area contributed by atoms with E-state index < -0.39 is 0 Å². The number of nitrogens with one attached hydrogen (secondary N) is 1. The molecule has 2 aliphatic heterocycles. The molecule has 2 fully saturated rings. The molecule has 94 valence electrons. The summed E-state index contributed by atoms with van der Waals surface area (Å²) < 4.78 is 5.33. The summed E-state index contributed by atoms with van der Waals surface area (Å²) in [5.74, 6) is 0.951. The van der Waals surface area contributed by atoms with Crippen molar-refractivity contribution < 1.29 is 9.53 Å². The molecule has 0 radical (unpaired) electrons. The fraction of sp³-hybridized carbons (Fsp3) is 0.909. The van der Waals surface area contributed by atoms with Gasteiger partial charge >= 0.3 is 0 Å². The molecule has 0 aliphatic carbocycles. The summed E-state index contributed by atoms with van der Waals surface area (Å²) in [5.41, 5.74) is 0. The van der Waals surface area contributed by atoms with Gasteiger partial charge in [-0.15, -0.1) is 12.4 Å². The topological polar surface area (TPSA) is 41.6 Å². The third-order valence-corrected chi connectivity index (χ3v) is 3.20. The van der Waals surface area contributed by atoms with E-state index in [0.29, 0.717) is 18.9 Å². The second-order valence-electron chi connectivity index (χ2n) is 4.66. The maximum absolute atomic E-state index is 11.9. The van der Waals surface area contributed by atoms with E-state index in [1.165, 1.54) is 0 Å². The lowest BCUT2D eigenvalue weighted by atomic mass is 10.1. The molecule has 2 atom stereocenters. The molecule has 0 bridgehead atoms. The number of amides is 1. The van der Waals surface area contributed by atoms with Crippen LogP contribution in [-0.4, -0.2) is 49.7 Å². The Balaban J connectivity index is 0.00000128. The number of likely N-dealkylation sites (tertiary alicyclic amines) is 1. The predicted molar refractivity (Wildman–Crippen MR) is 64.8 cm³/mol. The number of halogens is 1. The van der Waals surface area contributed by atoms with Crippen LogP contribution in [0.25, 0.3) is 0 Å². The number of rotatable bonds is 2. The number of hydrogen-bond acceptors (Lipinski definition) is 3. The number of ether oxygens (including phenoxy) is 1. The van der Waals surface area contributed by atoms with Crippen LogP contribution in [0.5, 0.6) is 0 Å². The molecule has 0 saturated carbocycles. The summed E-state index contributed by atoms with van der Waals surface area (Å²) in [4.78, 5) is 13.9. The van der Waals surface area contributed by atoms with Crippen LogP contribution in [0.1, 0.15) is 19.8 Å². The second-order valence-corrected chi connectivity index (χ2v) is 4.66. The average molecular weight is 249 g/mol. The third-order valence-electron chi connectivity index (χ3n) is 3.20. The first kappa shape index (κ1) is 13.7. The van der Waals surface area contributed by atoms with E-state index in [9.17, 15) is 4.79 Å². The highest BCUT2D eigenvalue weighted by Gasteiger charge is 2.25. The minimum atomic E-state index is 0. The van der Waals surface area contributed by atoms with Crippen LogP contribution in [0.15, 0.2) is 0 Å². The van der Waals surface area contributed by atoms with Gasteiger partial charge in [0.05, 0.1) is 13.2 Å². The molecule has 2 heterocycles. The Hall–Kier alpha value is -0.320. The van der Waals surface area contributed by atoms with Crippen LogP contribution in [0, 0.1) is 5.92 Å². The first-order chi connectivity index (χ1) is 7.25. The zero-order valence-electron chi connectivity index (χ0n) is 9.78. The van der Waals surface area contributed by atoms with Crippen molar-refractivity contribution in [3.63, 3.8) is 0 Å². The van der Waals surface area contributed by atoms with Crippen LogP contribution in [0.4, 0.5) is 0 Å². The molecule has 0 aromatic rings. The standard InChI is InChI=1S/C11H20N2O2.ClH/c1-9-2-4-13(7-9)11(14)6-10-8-15-5-3-12-10;/h9-10,12H,2-8H2,1H3;1H. The molecule has 4 nitrogen and oxygen atoms in total. The van der Waals surface area contributed by atoms with Gasteiger partial charge in [-0.1, -0.05) is 6.92 Å². The van der Waals surface area contributed by atoms with E-state index >= 15 is 0 Å². The van der Waals surface area contributed by atoms with Crippen LogP contribution in [0.3, 0.4) is 0 Å². The lowest BCUT2D eigenvalue weighted by molar-refractivity contribution is -0.131.